The van der Waals surface area contributed by atoms with Crippen molar-refractivity contribution in [2.75, 3.05) is 7.11 Å². The van der Waals surface area contributed by atoms with Gasteiger partial charge < -0.3 is 9.84 Å². The number of rotatable bonds is 3. The van der Waals surface area contributed by atoms with E-state index in [9.17, 15) is 9.90 Å². The Bertz CT molecular complexity index is 534. The molecule has 0 amide bonds. The van der Waals surface area contributed by atoms with E-state index in [1.165, 1.54) is 7.11 Å². The third-order valence-corrected chi connectivity index (χ3v) is 2.75. The van der Waals surface area contributed by atoms with Crippen LogP contribution >= 0.6 is 0 Å². The van der Waals surface area contributed by atoms with E-state index in [1.54, 1.807) is 0 Å². The Balaban J connectivity index is 2.26. The van der Waals surface area contributed by atoms with Crippen LogP contribution in [0.3, 0.4) is 0 Å². The van der Waals surface area contributed by atoms with Gasteiger partial charge in [-0.3, -0.25) is 4.79 Å². The predicted molar refractivity (Wildman–Crippen MR) is 65.5 cm³/mol. The van der Waals surface area contributed by atoms with E-state index in [2.05, 4.69) is 4.74 Å². The van der Waals surface area contributed by atoms with Crippen LogP contribution in [0.25, 0.3) is 10.8 Å². The quantitative estimate of drug-likeness (QED) is 0.824. The molecule has 88 valence electrons. The van der Waals surface area contributed by atoms with Gasteiger partial charge in [0, 0.05) is 0 Å². The van der Waals surface area contributed by atoms with E-state index in [4.69, 9.17) is 0 Å². The van der Waals surface area contributed by atoms with Gasteiger partial charge in [0.2, 0.25) is 0 Å². The molecule has 17 heavy (non-hydrogen) atoms. The molecular weight excluding hydrogens is 216 g/mol. The minimum Gasteiger partial charge on any atom is -0.469 e. The second kappa shape index (κ2) is 4.97. The number of fused-ring (bicyclic) bond motifs is 1. The molecule has 0 spiro atoms. The van der Waals surface area contributed by atoms with E-state index < -0.39 is 12.1 Å². The number of carbonyl (C=O) groups is 1. The molecule has 0 unspecified atom stereocenters. The first-order chi connectivity index (χ1) is 8.20. The lowest BCUT2D eigenvalue weighted by Gasteiger charge is -2.10. The highest BCUT2D eigenvalue weighted by Crippen LogP contribution is 2.22. The molecule has 0 radical (unpaired) electrons. The minimum absolute atomic E-state index is 0.0190. The molecule has 2 aromatic rings. The Labute approximate surface area is 99.6 Å². The molecule has 0 aromatic heterocycles. The lowest BCUT2D eigenvalue weighted by Crippen LogP contribution is -2.07. The largest absolute Gasteiger partial charge is 0.469 e. The molecule has 0 aliphatic carbocycles. The van der Waals surface area contributed by atoms with Crippen molar-refractivity contribution in [2.24, 2.45) is 0 Å². The lowest BCUT2D eigenvalue weighted by molar-refractivity contribution is -0.142. The summed E-state index contributed by atoms with van der Waals surface area (Å²) >= 11 is 0. The standard InChI is InChI=1S/C14H14O3/c1-17-14(16)9-13(15)12-7-6-10-4-2-3-5-11(10)8-12/h2-8,13,15H,9H2,1H3/t13-/m1/s1. The third-order valence-electron chi connectivity index (χ3n) is 2.75. The fraction of sp³-hybridized carbons (Fsp3) is 0.214. The topological polar surface area (TPSA) is 46.5 Å². The van der Waals surface area contributed by atoms with E-state index in [-0.39, 0.29) is 6.42 Å². The van der Waals surface area contributed by atoms with Crippen LogP contribution in [0.1, 0.15) is 18.1 Å². The summed E-state index contributed by atoms with van der Waals surface area (Å²) in [6.07, 6.45) is -0.832. The first kappa shape index (κ1) is 11.6. The summed E-state index contributed by atoms with van der Waals surface area (Å²) in [4.78, 5) is 11.1. The average molecular weight is 230 g/mol. The summed E-state index contributed by atoms with van der Waals surface area (Å²) in [5, 5.41) is 12.0. The van der Waals surface area contributed by atoms with Gasteiger partial charge in [-0.25, -0.2) is 0 Å². The Hall–Kier alpha value is -1.87. The maximum Gasteiger partial charge on any atom is 0.308 e. The van der Waals surface area contributed by atoms with Crippen molar-refractivity contribution >= 4 is 16.7 Å². The van der Waals surface area contributed by atoms with Gasteiger partial charge in [0.25, 0.3) is 0 Å². The molecule has 0 heterocycles. The van der Waals surface area contributed by atoms with Gasteiger partial charge in [0.05, 0.1) is 19.6 Å². The molecule has 0 bridgehead atoms. The number of esters is 1. The molecule has 2 rings (SSSR count). The van der Waals surface area contributed by atoms with Crippen LogP contribution < -0.4 is 0 Å². The zero-order valence-corrected chi connectivity index (χ0v) is 9.59. The van der Waals surface area contributed by atoms with Crippen molar-refractivity contribution in [1.29, 1.82) is 0 Å². The Morgan fingerprint density at radius 2 is 1.94 bits per heavy atom. The highest BCUT2D eigenvalue weighted by atomic mass is 16.5. The maximum absolute atomic E-state index is 11.1. The van der Waals surface area contributed by atoms with Crippen LogP contribution in [0.2, 0.25) is 0 Å². The SMILES string of the molecule is COC(=O)C[C@@H](O)c1ccc2ccccc2c1. The monoisotopic (exact) mass is 230 g/mol. The molecule has 3 nitrogen and oxygen atoms in total. The number of ether oxygens (including phenoxy) is 1. The maximum atomic E-state index is 11.1. The zero-order chi connectivity index (χ0) is 12.3. The summed E-state index contributed by atoms with van der Waals surface area (Å²) < 4.78 is 4.53. The van der Waals surface area contributed by atoms with Crippen LogP contribution in [-0.4, -0.2) is 18.2 Å². The van der Waals surface area contributed by atoms with Crippen LogP contribution in [-0.2, 0) is 9.53 Å². The zero-order valence-electron chi connectivity index (χ0n) is 9.59. The fourth-order valence-corrected chi connectivity index (χ4v) is 1.77. The lowest BCUT2D eigenvalue weighted by atomic mass is 10.0. The van der Waals surface area contributed by atoms with Crippen molar-refractivity contribution in [3.05, 3.63) is 48.0 Å². The third kappa shape index (κ3) is 2.63. The molecule has 0 aliphatic heterocycles. The van der Waals surface area contributed by atoms with Crippen molar-refractivity contribution in [3.63, 3.8) is 0 Å². The van der Waals surface area contributed by atoms with Crippen LogP contribution in [0, 0.1) is 0 Å². The van der Waals surface area contributed by atoms with Crippen LogP contribution in [0.5, 0.6) is 0 Å². The number of hydrogen-bond acceptors (Lipinski definition) is 3. The van der Waals surface area contributed by atoms with E-state index in [0.717, 1.165) is 16.3 Å². The molecule has 0 saturated carbocycles. The van der Waals surface area contributed by atoms with E-state index >= 15 is 0 Å². The Morgan fingerprint density at radius 3 is 2.65 bits per heavy atom. The average Bonchev–Trinajstić information content (AvgIpc) is 2.38. The molecule has 0 aliphatic rings. The first-order valence-corrected chi connectivity index (χ1v) is 5.44. The summed E-state index contributed by atoms with van der Waals surface area (Å²) in [6, 6.07) is 13.5. The summed E-state index contributed by atoms with van der Waals surface area (Å²) in [5.74, 6) is -0.411. The molecule has 0 saturated heterocycles. The number of hydrogen-bond donors (Lipinski definition) is 1. The molecule has 3 heteroatoms. The summed E-state index contributed by atoms with van der Waals surface area (Å²) in [6.45, 7) is 0. The predicted octanol–water partition coefficient (Wildman–Crippen LogP) is 2.44. The minimum atomic E-state index is -0.813. The van der Waals surface area contributed by atoms with Gasteiger partial charge >= 0.3 is 5.97 Å². The van der Waals surface area contributed by atoms with Gasteiger partial charge in [-0.05, 0) is 22.4 Å². The Morgan fingerprint density at radius 1 is 1.24 bits per heavy atom. The Kier molecular flexibility index (Phi) is 3.40. The van der Waals surface area contributed by atoms with E-state index in [0.29, 0.717) is 0 Å². The smallest absolute Gasteiger partial charge is 0.308 e. The second-order valence-corrected chi connectivity index (χ2v) is 3.90. The van der Waals surface area contributed by atoms with Crippen molar-refractivity contribution in [2.45, 2.75) is 12.5 Å². The summed E-state index contributed by atoms with van der Waals surface area (Å²) in [7, 11) is 1.31. The number of benzene rings is 2. The van der Waals surface area contributed by atoms with Gasteiger partial charge in [-0.1, -0.05) is 36.4 Å². The van der Waals surface area contributed by atoms with Gasteiger partial charge in [-0.15, -0.1) is 0 Å². The number of methoxy groups -OCH3 is 1. The van der Waals surface area contributed by atoms with Crippen LogP contribution in [0.15, 0.2) is 42.5 Å². The molecule has 1 N–H and O–H groups in total. The summed E-state index contributed by atoms with van der Waals surface area (Å²) in [5.41, 5.74) is 0.731. The molecule has 1 atom stereocenters. The van der Waals surface area contributed by atoms with Crippen molar-refractivity contribution in [3.8, 4) is 0 Å². The molecule has 2 aromatic carbocycles. The number of aliphatic hydroxyl groups is 1. The number of aliphatic hydroxyl groups excluding tert-OH is 1. The highest BCUT2D eigenvalue weighted by molar-refractivity contribution is 5.83. The van der Waals surface area contributed by atoms with Gasteiger partial charge in [-0.2, -0.15) is 0 Å². The first-order valence-electron chi connectivity index (χ1n) is 5.44. The van der Waals surface area contributed by atoms with Crippen LogP contribution in [0.4, 0.5) is 0 Å². The van der Waals surface area contributed by atoms with Crippen molar-refractivity contribution in [1.82, 2.24) is 0 Å². The second-order valence-electron chi connectivity index (χ2n) is 3.90. The van der Waals surface area contributed by atoms with Crippen molar-refractivity contribution < 1.29 is 14.6 Å². The van der Waals surface area contributed by atoms with Gasteiger partial charge in [0.15, 0.2) is 0 Å². The molecule has 0 fully saturated rings. The number of carbonyl (C=O) groups excluding carboxylic acids is 1. The van der Waals surface area contributed by atoms with Gasteiger partial charge in [0.1, 0.15) is 0 Å². The highest BCUT2D eigenvalue weighted by Gasteiger charge is 2.13. The molecular formula is C14H14O3. The normalized spacial score (nSPS) is 12.4. The van der Waals surface area contributed by atoms with E-state index in [1.807, 2.05) is 42.5 Å². The fourth-order valence-electron chi connectivity index (χ4n) is 1.77.